The number of alkyl halides is 12. The number of aliphatic hydroxyl groups is 1. The zero-order valence-corrected chi connectivity index (χ0v) is 27.4. The van der Waals surface area contributed by atoms with E-state index in [0.717, 1.165) is 68.0 Å². The number of pyridine rings is 1. The second-order valence-corrected chi connectivity index (χ2v) is 11.7. The number of piperazine rings is 1. The molecule has 3 aromatic carbocycles. The molecule has 0 radical (unpaired) electrons. The van der Waals surface area contributed by atoms with Crippen LogP contribution < -0.4 is 0 Å². The van der Waals surface area contributed by atoms with Crippen molar-refractivity contribution in [2.24, 2.45) is 0 Å². The fourth-order valence-corrected chi connectivity index (χ4v) is 5.00. The highest BCUT2D eigenvalue weighted by atomic mass is 19.4. The molecule has 0 amide bonds. The molecule has 1 aliphatic heterocycles. The first-order chi connectivity index (χ1) is 24.8. The van der Waals surface area contributed by atoms with Crippen LogP contribution in [0, 0.1) is 0 Å². The lowest BCUT2D eigenvalue weighted by molar-refractivity contribution is -0.376. The summed E-state index contributed by atoms with van der Waals surface area (Å²) < 4.78 is 142. The van der Waals surface area contributed by atoms with Gasteiger partial charge < -0.3 is 15.3 Å². The third kappa shape index (κ3) is 11.5. The standard InChI is InChI=1S/C30H27F6N3O.2C2HF3O2/c31-29(32,33)28(40,30(34,35)36)26-11-9-23(10-12-26)22-7-5-21(6-8-22)19-38-13-15-39(16-14-38)20-27-17-24-3-1-2-4-25(24)18-37-27;2*3-2(4,5)1(6)7/h1-12,17-18,40H,13-16,19-20H2;2*(H,6,7). The lowest BCUT2D eigenvalue weighted by Gasteiger charge is -2.34. The van der Waals surface area contributed by atoms with Crippen molar-refractivity contribution in [1.29, 1.82) is 0 Å². The van der Waals surface area contributed by atoms with Gasteiger partial charge in [-0.25, -0.2) is 9.59 Å². The van der Waals surface area contributed by atoms with Gasteiger partial charge in [0, 0.05) is 56.4 Å². The Hall–Kier alpha value is -4.95. The van der Waals surface area contributed by atoms with Gasteiger partial charge >= 0.3 is 36.6 Å². The molecule has 5 rings (SSSR count). The Kier molecular flexibility index (Phi) is 13.7. The zero-order chi connectivity index (χ0) is 40.7. The number of hydrogen-bond donors (Lipinski definition) is 3. The molecule has 0 spiro atoms. The van der Waals surface area contributed by atoms with E-state index in [4.69, 9.17) is 19.8 Å². The van der Waals surface area contributed by atoms with E-state index in [2.05, 4.69) is 26.9 Å². The lowest BCUT2D eigenvalue weighted by Crippen LogP contribution is -2.53. The Balaban J connectivity index is 0.000000476. The van der Waals surface area contributed by atoms with E-state index in [9.17, 15) is 57.8 Å². The van der Waals surface area contributed by atoms with Crippen molar-refractivity contribution in [3.8, 4) is 11.1 Å². The fraction of sp³-hybridized carbons (Fsp3) is 0.324. The first-order valence-corrected chi connectivity index (χ1v) is 15.3. The molecule has 0 atom stereocenters. The monoisotopic (exact) mass is 787 g/mol. The first-order valence-electron chi connectivity index (χ1n) is 15.3. The average molecular weight is 788 g/mol. The van der Waals surface area contributed by atoms with Crippen LogP contribution in [-0.2, 0) is 28.3 Å². The molecule has 20 heteroatoms. The number of nitrogens with zero attached hydrogens (tertiary/aromatic N) is 3. The van der Waals surface area contributed by atoms with Crippen LogP contribution in [0.25, 0.3) is 21.9 Å². The van der Waals surface area contributed by atoms with Crippen LogP contribution in [0.5, 0.6) is 0 Å². The van der Waals surface area contributed by atoms with Crippen molar-refractivity contribution < 1.29 is 77.6 Å². The van der Waals surface area contributed by atoms with Gasteiger partial charge in [-0.1, -0.05) is 72.8 Å². The van der Waals surface area contributed by atoms with Crippen molar-refractivity contribution in [1.82, 2.24) is 14.8 Å². The number of fused-ring (bicyclic) bond motifs is 1. The number of carbonyl (C=O) groups is 2. The van der Waals surface area contributed by atoms with Gasteiger partial charge in [0.1, 0.15) is 0 Å². The average Bonchev–Trinajstić information content (AvgIpc) is 3.08. The molecule has 1 fully saturated rings. The number of rotatable bonds is 6. The van der Waals surface area contributed by atoms with E-state index >= 15 is 0 Å². The van der Waals surface area contributed by atoms with Crippen LogP contribution in [0.1, 0.15) is 16.8 Å². The normalized spacial score (nSPS) is 14.8. The Bertz CT molecular complexity index is 1810. The predicted octanol–water partition coefficient (Wildman–Crippen LogP) is 7.80. The number of benzene rings is 3. The van der Waals surface area contributed by atoms with Crippen LogP contribution in [0.15, 0.2) is 85.1 Å². The summed E-state index contributed by atoms with van der Waals surface area (Å²) in [5, 5.41) is 26.1. The summed E-state index contributed by atoms with van der Waals surface area (Å²) in [6, 6.07) is 21.3. The maximum Gasteiger partial charge on any atom is 0.490 e. The number of aliphatic carboxylic acids is 2. The maximum atomic E-state index is 13.1. The summed E-state index contributed by atoms with van der Waals surface area (Å²) >= 11 is 0. The Morgan fingerprint density at radius 2 is 0.981 bits per heavy atom. The van der Waals surface area contributed by atoms with Gasteiger partial charge in [-0.15, -0.1) is 0 Å². The van der Waals surface area contributed by atoms with Gasteiger partial charge in [0.15, 0.2) is 0 Å². The lowest BCUT2D eigenvalue weighted by atomic mass is 9.90. The van der Waals surface area contributed by atoms with Crippen molar-refractivity contribution >= 4 is 22.7 Å². The van der Waals surface area contributed by atoms with E-state index in [1.165, 1.54) is 5.39 Å². The van der Waals surface area contributed by atoms with Gasteiger partial charge in [-0.3, -0.25) is 14.8 Å². The number of carboxylic acids is 2. The van der Waals surface area contributed by atoms with Crippen LogP contribution >= 0.6 is 0 Å². The molecule has 3 N–H and O–H groups in total. The number of carboxylic acid groups (broad SMARTS) is 2. The van der Waals surface area contributed by atoms with Gasteiger partial charge in [-0.2, -0.15) is 52.7 Å². The molecule has 1 aliphatic rings. The Morgan fingerprint density at radius 3 is 1.39 bits per heavy atom. The molecule has 54 heavy (non-hydrogen) atoms. The van der Waals surface area contributed by atoms with Crippen LogP contribution in [-0.4, -0.2) is 92.9 Å². The van der Waals surface area contributed by atoms with Crippen LogP contribution in [0.3, 0.4) is 0 Å². The minimum atomic E-state index is -5.91. The van der Waals surface area contributed by atoms with Gasteiger partial charge in [0.25, 0.3) is 5.60 Å². The summed E-state index contributed by atoms with van der Waals surface area (Å²) in [6.07, 6.45) is -20.1. The molecule has 4 aromatic rings. The first kappa shape index (κ1) is 43.5. The molecule has 294 valence electrons. The van der Waals surface area contributed by atoms with Gasteiger partial charge in [0.2, 0.25) is 0 Å². The third-order valence-electron chi connectivity index (χ3n) is 7.84. The number of hydrogen-bond acceptors (Lipinski definition) is 6. The molecule has 0 aliphatic carbocycles. The SMILES string of the molecule is O=C(O)C(F)(F)F.O=C(O)C(F)(F)F.OC(c1ccc(-c2ccc(CN3CCN(Cc4cc5ccccc5cn4)CC3)cc2)cc1)(C(F)(F)F)C(F)(F)F. The number of halogens is 12. The summed E-state index contributed by atoms with van der Waals surface area (Å²) in [6.45, 7) is 5.10. The molecular formula is C34H29F12N3O5. The highest BCUT2D eigenvalue weighted by Gasteiger charge is 2.71. The second-order valence-electron chi connectivity index (χ2n) is 11.7. The minimum Gasteiger partial charge on any atom is -0.475 e. The maximum absolute atomic E-state index is 13.1. The van der Waals surface area contributed by atoms with E-state index in [1.807, 2.05) is 36.5 Å². The molecule has 2 heterocycles. The van der Waals surface area contributed by atoms with Crippen molar-refractivity contribution in [2.45, 2.75) is 43.4 Å². The molecule has 0 saturated carbocycles. The summed E-state index contributed by atoms with van der Waals surface area (Å²) in [5.41, 5.74) is -3.03. The molecule has 0 unspecified atom stereocenters. The summed E-state index contributed by atoms with van der Waals surface area (Å²) in [7, 11) is 0. The molecular weight excluding hydrogens is 758 g/mol. The predicted molar refractivity (Wildman–Crippen MR) is 168 cm³/mol. The van der Waals surface area contributed by atoms with Crippen LogP contribution in [0.2, 0.25) is 0 Å². The summed E-state index contributed by atoms with van der Waals surface area (Å²) in [4.78, 5) is 27.1. The highest BCUT2D eigenvalue weighted by molar-refractivity contribution is 5.81. The molecule has 1 saturated heterocycles. The number of aromatic nitrogens is 1. The van der Waals surface area contributed by atoms with E-state index in [0.29, 0.717) is 23.3 Å². The third-order valence-corrected chi connectivity index (χ3v) is 7.84. The summed E-state index contributed by atoms with van der Waals surface area (Å²) in [5.74, 6) is -5.51. The van der Waals surface area contributed by atoms with E-state index < -0.39 is 47.8 Å². The van der Waals surface area contributed by atoms with Gasteiger partial charge in [0.05, 0.1) is 5.69 Å². The van der Waals surface area contributed by atoms with E-state index in [-0.39, 0.29) is 0 Å². The largest absolute Gasteiger partial charge is 0.490 e. The zero-order valence-electron chi connectivity index (χ0n) is 27.4. The molecule has 8 nitrogen and oxygen atoms in total. The smallest absolute Gasteiger partial charge is 0.475 e. The minimum absolute atomic E-state index is 0.443. The molecule has 0 bridgehead atoms. The topological polar surface area (TPSA) is 114 Å². The Morgan fingerprint density at radius 1 is 0.593 bits per heavy atom. The quantitative estimate of drug-likeness (QED) is 0.170. The van der Waals surface area contributed by atoms with Crippen molar-refractivity contribution in [3.63, 3.8) is 0 Å². The second kappa shape index (κ2) is 17.0. The Labute approximate surface area is 297 Å². The fourth-order valence-electron chi connectivity index (χ4n) is 5.00. The van der Waals surface area contributed by atoms with E-state index in [1.54, 1.807) is 12.1 Å². The van der Waals surface area contributed by atoms with Gasteiger partial charge in [-0.05, 0) is 28.1 Å². The van der Waals surface area contributed by atoms with Crippen molar-refractivity contribution in [3.05, 3.63) is 102 Å². The highest BCUT2D eigenvalue weighted by Crippen LogP contribution is 2.50. The van der Waals surface area contributed by atoms with Crippen LogP contribution in [0.4, 0.5) is 52.7 Å². The molecule has 1 aromatic heterocycles. The van der Waals surface area contributed by atoms with Crippen molar-refractivity contribution in [2.75, 3.05) is 26.2 Å².